The van der Waals surface area contributed by atoms with E-state index in [0.29, 0.717) is 0 Å². The van der Waals surface area contributed by atoms with Crippen LogP contribution < -0.4 is 6.15 Å². The summed E-state index contributed by atoms with van der Waals surface area (Å²) in [7, 11) is 0. The minimum atomic E-state index is -0.109. The van der Waals surface area contributed by atoms with Gasteiger partial charge in [0.05, 0.1) is 0 Å². The third-order valence-corrected chi connectivity index (χ3v) is 3.05. The molecule has 16 heavy (non-hydrogen) atoms. The van der Waals surface area contributed by atoms with Crippen molar-refractivity contribution < 1.29 is 0 Å². The molecule has 0 bridgehead atoms. The van der Waals surface area contributed by atoms with Gasteiger partial charge in [0.1, 0.15) is 0 Å². The lowest BCUT2D eigenvalue weighted by atomic mass is 9.97. The first kappa shape index (κ1) is 15.2. The zero-order valence-electron chi connectivity index (χ0n) is 10.5. The fourth-order valence-electron chi connectivity index (χ4n) is 1.49. The maximum atomic E-state index is 6.34. The molecule has 1 rings (SSSR count). The lowest BCUT2D eigenvalue weighted by molar-refractivity contribution is 0.604. The van der Waals surface area contributed by atoms with Crippen LogP contribution in [-0.2, 0) is 6.42 Å². The molecule has 0 aliphatic rings. The Balaban J connectivity index is 0.00000225. The summed E-state index contributed by atoms with van der Waals surface area (Å²) in [5.74, 6) is 0. The molecule has 0 heterocycles. The summed E-state index contributed by atoms with van der Waals surface area (Å²) in [6, 6.07) is 8.59. The highest BCUT2D eigenvalue weighted by atomic mass is 35.5. The van der Waals surface area contributed by atoms with E-state index in [1.165, 1.54) is 11.1 Å². The van der Waals surface area contributed by atoms with Crippen molar-refractivity contribution in [3.63, 3.8) is 0 Å². The molecule has 1 nitrogen and oxygen atoms in total. The number of allylic oxidation sites excluding steroid dienone is 1. The van der Waals surface area contributed by atoms with Crippen molar-refractivity contribution in [3.8, 4) is 0 Å². The van der Waals surface area contributed by atoms with Crippen LogP contribution in [0.15, 0.2) is 30.3 Å². The van der Waals surface area contributed by atoms with Gasteiger partial charge in [-0.25, -0.2) is 0 Å². The number of hydrogen-bond acceptors (Lipinski definition) is 1. The second-order valence-corrected chi connectivity index (χ2v) is 5.10. The van der Waals surface area contributed by atoms with E-state index in [9.17, 15) is 0 Å². The number of alkyl halides is 1. The third kappa shape index (κ3) is 4.82. The molecule has 0 amide bonds. The van der Waals surface area contributed by atoms with Gasteiger partial charge in [-0.2, -0.15) is 0 Å². The van der Waals surface area contributed by atoms with Crippen LogP contribution in [0.4, 0.5) is 0 Å². The Hall–Kier alpha value is -0.790. The predicted molar refractivity (Wildman–Crippen MR) is 74.4 cm³/mol. The third-order valence-electron chi connectivity index (χ3n) is 2.65. The number of benzene rings is 1. The van der Waals surface area contributed by atoms with Crippen LogP contribution >= 0.6 is 11.6 Å². The average molecular weight is 240 g/mol. The number of rotatable bonds is 4. The summed E-state index contributed by atoms with van der Waals surface area (Å²) in [6.07, 6.45) is 6.07. The van der Waals surface area contributed by atoms with E-state index in [4.69, 9.17) is 11.6 Å². The Morgan fingerprint density at radius 3 is 2.25 bits per heavy atom. The van der Waals surface area contributed by atoms with Crippen LogP contribution in [0.2, 0.25) is 0 Å². The number of halogens is 1. The molecule has 1 aromatic carbocycles. The zero-order chi connectivity index (χ0) is 11.3. The molecule has 0 spiro atoms. The molecular formula is C14H22ClN. The van der Waals surface area contributed by atoms with Crippen LogP contribution in [0.1, 0.15) is 38.3 Å². The first-order valence-electron chi connectivity index (χ1n) is 5.48. The Morgan fingerprint density at radius 1 is 1.25 bits per heavy atom. The summed E-state index contributed by atoms with van der Waals surface area (Å²) < 4.78 is 0. The topological polar surface area (TPSA) is 35.0 Å². The standard InChI is InChI=1S/C14H19Cl.H3N/c1-4-6-12-7-9-13(10-8-12)11-14(3,15)5-2;/h4,6-10H,5,11H2,1-3H3;1H3/b6-4-;. The largest absolute Gasteiger partial charge is 0.344 e. The maximum absolute atomic E-state index is 6.34. The van der Waals surface area contributed by atoms with E-state index in [-0.39, 0.29) is 11.0 Å². The molecule has 2 heteroatoms. The van der Waals surface area contributed by atoms with Gasteiger partial charge >= 0.3 is 0 Å². The van der Waals surface area contributed by atoms with Gasteiger partial charge in [-0.3, -0.25) is 0 Å². The molecule has 0 radical (unpaired) electrons. The van der Waals surface area contributed by atoms with Gasteiger partial charge in [0.15, 0.2) is 0 Å². The first-order chi connectivity index (χ1) is 7.07. The summed E-state index contributed by atoms with van der Waals surface area (Å²) >= 11 is 6.34. The average Bonchev–Trinajstić information content (AvgIpc) is 2.21. The molecule has 0 aliphatic carbocycles. The summed E-state index contributed by atoms with van der Waals surface area (Å²) in [4.78, 5) is -0.109. The van der Waals surface area contributed by atoms with Crippen LogP contribution in [0.25, 0.3) is 6.08 Å². The monoisotopic (exact) mass is 239 g/mol. The minimum Gasteiger partial charge on any atom is -0.344 e. The molecule has 3 N–H and O–H groups in total. The molecular weight excluding hydrogens is 218 g/mol. The molecule has 0 saturated carbocycles. The van der Waals surface area contributed by atoms with Crippen molar-refractivity contribution in [3.05, 3.63) is 41.5 Å². The van der Waals surface area contributed by atoms with E-state index in [0.717, 1.165) is 12.8 Å². The van der Waals surface area contributed by atoms with Crippen molar-refractivity contribution in [2.75, 3.05) is 0 Å². The molecule has 0 aromatic heterocycles. The highest BCUT2D eigenvalue weighted by Gasteiger charge is 2.18. The maximum Gasteiger partial charge on any atom is 0.0456 e. The van der Waals surface area contributed by atoms with Crippen LogP contribution in [0.3, 0.4) is 0 Å². The molecule has 0 aliphatic heterocycles. The van der Waals surface area contributed by atoms with Crippen molar-refractivity contribution in [1.29, 1.82) is 0 Å². The van der Waals surface area contributed by atoms with Crippen molar-refractivity contribution in [2.45, 2.75) is 38.5 Å². The molecule has 1 atom stereocenters. The van der Waals surface area contributed by atoms with Gasteiger partial charge < -0.3 is 6.15 Å². The lowest BCUT2D eigenvalue weighted by Crippen LogP contribution is -2.18. The quantitative estimate of drug-likeness (QED) is 0.751. The second kappa shape index (κ2) is 6.72. The smallest absolute Gasteiger partial charge is 0.0456 e. The van der Waals surface area contributed by atoms with Gasteiger partial charge in [0.25, 0.3) is 0 Å². The SMILES string of the molecule is C/C=C\c1ccc(CC(C)(Cl)CC)cc1.N. The molecule has 90 valence electrons. The highest BCUT2D eigenvalue weighted by Crippen LogP contribution is 2.24. The fourth-order valence-corrected chi connectivity index (χ4v) is 1.64. The van der Waals surface area contributed by atoms with Crippen LogP contribution in [0, 0.1) is 0 Å². The molecule has 0 fully saturated rings. The van der Waals surface area contributed by atoms with Crippen LogP contribution in [-0.4, -0.2) is 4.87 Å². The lowest BCUT2D eigenvalue weighted by Gasteiger charge is -2.19. The molecule has 0 saturated heterocycles. The normalized spacial score (nSPS) is 14.5. The van der Waals surface area contributed by atoms with E-state index >= 15 is 0 Å². The van der Waals surface area contributed by atoms with Gasteiger partial charge in [-0.05, 0) is 37.8 Å². The van der Waals surface area contributed by atoms with Gasteiger partial charge in [0.2, 0.25) is 0 Å². The van der Waals surface area contributed by atoms with E-state index in [1.54, 1.807) is 0 Å². The second-order valence-electron chi connectivity index (χ2n) is 4.19. The van der Waals surface area contributed by atoms with Gasteiger partial charge in [-0.1, -0.05) is 43.3 Å². The fraction of sp³-hybridized carbons (Fsp3) is 0.429. The van der Waals surface area contributed by atoms with Crippen molar-refractivity contribution >= 4 is 17.7 Å². The van der Waals surface area contributed by atoms with Crippen molar-refractivity contribution in [1.82, 2.24) is 6.15 Å². The minimum absolute atomic E-state index is 0. The Kier molecular flexibility index (Phi) is 6.39. The van der Waals surface area contributed by atoms with Gasteiger partial charge in [-0.15, -0.1) is 11.6 Å². The summed E-state index contributed by atoms with van der Waals surface area (Å²) in [5, 5.41) is 0. The van der Waals surface area contributed by atoms with E-state index in [1.807, 2.05) is 13.0 Å². The van der Waals surface area contributed by atoms with E-state index < -0.39 is 0 Å². The van der Waals surface area contributed by atoms with Crippen LogP contribution in [0.5, 0.6) is 0 Å². The highest BCUT2D eigenvalue weighted by molar-refractivity contribution is 6.23. The predicted octanol–water partition coefficient (Wildman–Crippen LogP) is 4.83. The molecule has 1 unspecified atom stereocenters. The first-order valence-corrected chi connectivity index (χ1v) is 5.86. The summed E-state index contributed by atoms with van der Waals surface area (Å²) in [5.41, 5.74) is 2.55. The van der Waals surface area contributed by atoms with E-state index in [2.05, 4.69) is 44.2 Å². The zero-order valence-corrected chi connectivity index (χ0v) is 11.2. The summed E-state index contributed by atoms with van der Waals surface area (Å²) in [6.45, 7) is 6.25. The Labute approximate surface area is 104 Å². The Morgan fingerprint density at radius 2 is 1.81 bits per heavy atom. The van der Waals surface area contributed by atoms with Crippen molar-refractivity contribution in [2.24, 2.45) is 0 Å². The van der Waals surface area contributed by atoms with Gasteiger partial charge in [0, 0.05) is 4.87 Å². The Bertz CT molecular complexity index is 325. The number of hydrogen-bond donors (Lipinski definition) is 1. The molecule has 1 aromatic rings.